The van der Waals surface area contributed by atoms with Crippen LogP contribution in [0.15, 0.2) is 0 Å². The lowest BCUT2D eigenvalue weighted by molar-refractivity contribution is 0.00158. The third-order valence-electron chi connectivity index (χ3n) is 4.48. The van der Waals surface area contributed by atoms with Gasteiger partial charge < -0.3 is 15.6 Å². The number of ether oxygens (including phenoxy) is 1. The largest absolute Gasteiger partial charge is 0.388 e. The van der Waals surface area contributed by atoms with E-state index >= 15 is 0 Å². The highest BCUT2D eigenvalue weighted by molar-refractivity contribution is 4.93. The molecule has 108 valence electrons. The van der Waals surface area contributed by atoms with Crippen LogP contribution in [-0.4, -0.2) is 55.0 Å². The van der Waals surface area contributed by atoms with Crippen LogP contribution in [-0.2, 0) is 4.74 Å². The number of hydrogen-bond acceptors (Lipinski definition) is 4. The van der Waals surface area contributed by atoms with Crippen molar-refractivity contribution < 1.29 is 9.84 Å². The van der Waals surface area contributed by atoms with Crippen molar-refractivity contribution in [3.05, 3.63) is 0 Å². The van der Waals surface area contributed by atoms with Crippen LogP contribution in [0.3, 0.4) is 0 Å². The Balaban J connectivity index is 2.42. The number of likely N-dealkylation sites (N-methyl/N-ethyl adjacent to an activating group) is 1. The van der Waals surface area contributed by atoms with Gasteiger partial charge in [-0.25, -0.2) is 0 Å². The highest BCUT2D eigenvalue weighted by Crippen LogP contribution is 2.37. The first-order valence-electron chi connectivity index (χ1n) is 7.22. The molecule has 1 fully saturated rings. The number of methoxy groups -OCH3 is 1. The van der Waals surface area contributed by atoms with Crippen molar-refractivity contribution in [2.45, 2.75) is 51.2 Å². The van der Waals surface area contributed by atoms with E-state index in [4.69, 9.17) is 10.5 Å². The number of nitrogens with two attached hydrogens (primary N) is 1. The lowest BCUT2D eigenvalue weighted by Crippen LogP contribution is -2.44. The fourth-order valence-corrected chi connectivity index (χ4v) is 3.17. The maximum Gasteiger partial charge on any atom is 0.0797 e. The van der Waals surface area contributed by atoms with E-state index in [1.165, 1.54) is 0 Å². The molecule has 1 aliphatic carbocycles. The Morgan fingerprint density at radius 1 is 1.56 bits per heavy atom. The quantitative estimate of drug-likeness (QED) is 0.687. The van der Waals surface area contributed by atoms with Crippen molar-refractivity contribution in [2.24, 2.45) is 11.7 Å². The van der Waals surface area contributed by atoms with E-state index < -0.39 is 5.60 Å². The third-order valence-corrected chi connectivity index (χ3v) is 4.48. The minimum absolute atomic E-state index is 0.367. The molecule has 0 heterocycles. The number of hydrogen-bond donors (Lipinski definition) is 2. The molecule has 0 amide bonds. The summed E-state index contributed by atoms with van der Waals surface area (Å²) in [6, 6.07) is 0.437. The van der Waals surface area contributed by atoms with E-state index in [-0.39, 0.29) is 0 Å². The Hall–Kier alpha value is -0.160. The van der Waals surface area contributed by atoms with Crippen LogP contribution >= 0.6 is 0 Å². The van der Waals surface area contributed by atoms with E-state index in [9.17, 15) is 5.11 Å². The molecule has 0 bridgehead atoms. The zero-order valence-corrected chi connectivity index (χ0v) is 12.2. The molecular formula is C14H30N2O2. The van der Waals surface area contributed by atoms with Gasteiger partial charge in [-0.1, -0.05) is 13.3 Å². The summed E-state index contributed by atoms with van der Waals surface area (Å²) in [7, 11) is 1.74. The van der Waals surface area contributed by atoms with Gasteiger partial charge in [0.1, 0.15) is 0 Å². The first kappa shape index (κ1) is 15.9. The predicted octanol–water partition coefficient (Wildman–Crippen LogP) is 1.22. The van der Waals surface area contributed by atoms with Gasteiger partial charge in [-0.15, -0.1) is 0 Å². The van der Waals surface area contributed by atoms with Gasteiger partial charge in [0, 0.05) is 19.7 Å². The molecule has 1 saturated carbocycles. The van der Waals surface area contributed by atoms with Crippen molar-refractivity contribution in [3.8, 4) is 0 Å². The number of nitrogens with zero attached hydrogens (tertiary/aromatic N) is 1. The molecule has 0 aromatic carbocycles. The first-order chi connectivity index (χ1) is 8.57. The van der Waals surface area contributed by atoms with Crippen LogP contribution in [0.5, 0.6) is 0 Å². The highest BCUT2D eigenvalue weighted by Gasteiger charge is 2.39. The first-order valence-corrected chi connectivity index (χ1v) is 7.22. The van der Waals surface area contributed by atoms with Gasteiger partial charge in [0.2, 0.25) is 0 Å². The number of aliphatic hydroxyl groups is 1. The molecule has 4 nitrogen and oxygen atoms in total. The maximum atomic E-state index is 10.4. The number of rotatable bonds is 8. The monoisotopic (exact) mass is 258 g/mol. The van der Waals surface area contributed by atoms with Gasteiger partial charge in [0.25, 0.3) is 0 Å². The van der Waals surface area contributed by atoms with Gasteiger partial charge in [0.15, 0.2) is 0 Å². The molecule has 0 aromatic rings. The van der Waals surface area contributed by atoms with Crippen molar-refractivity contribution in [3.63, 3.8) is 0 Å². The zero-order chi connectivity index (χ0) is 13.6. The molecule has 0 spiro atoms. The van der Waals surface area contributed by atoms with Crippen LogP contribution < -0.4 is 5.73 Å². The second-order valence-corrected chi connectivity index (χ2v) is 5.62. The maximum absolute atomic E-state index is 10.4. The van der Waals surface area contributed by atoms with Crippen molar-refractivity contribution >= 4 is 0 Å². The van der Waals surface area contributed by atoms with Gasteiger partial charge >= 0.3 is 0 Å². The Morgan fingerprint density at radius 3 is 2.83 bits per heavy atom. The zero-order valence-electron chi connectivity index (χ0n) is 12.2. The second kappa shape index (κ2) is 7.43. The molecule has 0 saturated heterocycles. The summed E-state index contributed by atoms with van der Waals surface area (Å²) in [6.45, 7) is 7.58. The lowest BCUT2D eigenvalue weighted by atomic mass is 9.88. The molecule has 4 heteroatoms. The Kier molecular flexibility index (Phi) is 6.57. The van der Waals surface area contributed by atoms with Gasteiger partial charge in [-0.2, -0.15) is 0 Å². The summed E-state index contributed by atoms with van der Waals surface area (Å²) >= 11 is 0. The van der Waals surface area contributed by atoms with Crippen LogP contribution in [0.25, 0.3) is 0 Å². The third kappa shape index (κ3) is 3.92. The highest BCUT2D eigenvalue weighted by atomic mass is 16.5. The van der Waals surface area contributed by atoms with Gasteiger partial charge in [-0.05, 0) is 45.2 Å². The smallest absolute Gasteiger partial charge is 0.0797 e. The fourth-order valence-electron chi connectivity index (χ4n) is 3.17. The molecule has 0 aromatic heterocycles. The average Bonchev–Trinajstić information content (AvgIpc) is 2.73. The van der Waals surface area contributed by atoms with Crippen LogP contribution in [0.1, 0.15) is 39.5 Å². The van der Waals surface area contributed by atoms with Crippen molar-refractivity contribution in [1.29, 1.82) is 0 Å². The standard InChI is InChI=1S/C14H30N2O2/c1-4-16(12(2)10-18-3)9-7-13-6-5-8-14(13,17)11-15/h12-13,17H,4-11,15H2,1-3H3. The Labute approximate surface area is 111 Å². The molecule has 3 atom stereocenters. The SMILES string of the molecule is CCN(CCC1CCCC1(O)CN)C(C)COC. The summed E-state index contributed by atoms with van der Waals surface area (Å²) < 4.78 is 5.21. The van der Waals surface area contributed by atoms with Crippen LogP contribution in [0, 0.1) is 5.92 Å². The lowest BCUT2D eigenvalue weighted by Gasteiger charge is -2.32. The summed E-state index contributed by atoms with van der Waals surface area (Å²) in [5, 5.41) is 10.4. The average molecular weight is 258 g/mol. The summed E-state index contributed by atoms with van der Waals surface area (Å²) in [4.78, 5) is 2.42. The summed E-state index contributed by atoms with van der Waals surface area (Å²) in [5.41, 5.74) is 5.11. The summed E-state index contributed by atoms with van der Waals surface area (Å²) in [6.07, 6.45) is 4.13. The summed E-state index contributed by atoms with van der Waals surface area (Å²) in [5.74, 6) is 0.367. The minimum atomic E-state index is -0.607. The van der Waals surface area contributed by atoms with Crippen molar-refractivity contribution in [1.82, 2.24) is 4.90 Å². The molecule has 0 radical (unpaired) electrons. The Morgan fingerprint density at radius 2 is 2.28 bits per heavy atom. The fraction of sp³-hybridized carbons (Fsp3) is 1.00. The van der Waals surface area contributed by atoms with Gasteiger partial charge in [-0.3, -0.25) is 4.90 Å². The predicted molar refractivity (Wildman–Crippen MR) is 74.5 cm³/mol. The van der Waals surface area contributed by atoms with Gasteiger partial charge in [0.05, 0.1) is 12.2 Å². The molecule has 3 N–H and O–H groups in total. The molecule has 1 aliphatic rings. The van der Waals surface area contributed by atoms with Crippen LogP contribution in [0.2, 0.25) is 0 Å². The Bertz CT molecular complexity index is 238. The van der Waals surface area contributed by atoms with E-state index in [2.05, 4.69) is 18.7 Å². The van der Waals surface area contributed by atoms with E-state index in [0.717, 1.165) is 45.4 Å². The van der Waals surface area contributed by atoms with Crippen molar-refractivity contribution in [2.75, 3.05) is 33.4 Å². The molecule has 3 unspecified atom stereocenters. The van der Waals surface area contributed by atoms with E-state index in [1.54, 1.807) is 7.11 Å². The molecule has 18 heavy (non-hydrogen) atoms. The normalized spacial score (nSPS) is 30.0. The topological polar surface area (TPSA) is 58.7 Å². The van der Waals surface area contributed by atoms with E-state index in [1.807, 2.05) is 0 Å². The molecule has 0 aliphatic heterocycles. The second-order valence-electron chi connectivity index (χ2n) is 5.62. The molecule has 1 rings (SSSR count). The minimum Gasteiger partial charge on any atom is -0.388 e. The molecular weight excluding hydrogens is 228 g/mol. The van der Waals surface area contributed by atoms with Crippen LogP contribution in [0.4, 0.5) is 0 Å². The van der Waals surface area contributed by atoms with E-state index in [0.29, 0.717) is 18.5 Å².